The van der Waals surface area contributed by atoms with Crippen molar-refractivity contribution in [2.75, 3.05) is 12.0 Å². The Kier molecular flexibility index (Phi) is 5.67. The summed E-state index contributed by atoms with van der Waals surface area (Å²) in [4.78, 5) is 31.5. The SMILES string of the molecule is COc1ccc(Cl)cc1/C(O)=C1\C(=O)C(=O)N(c2cccc(Cl)c2)C1c1ccncc1. The lowest BCUT2D eigenvalue weighted by atomic mass is 9.95. The third-order valence-corrected chi connectivity index (χ3v) is 5.44. The van der Waals surface area contributed by atoms with Gasteiger partial charge < -0.3 is 9.84 Å². The first-order valence-electron chi connectivity index (χ1n) is 9.22. The Balaban J connectivity index is 1.99. The maximum atomic E-state index is 13.1. The molecule has 1 fully saturated rings. The lowest BCUT2D eigenvalue weighted by Gasteiger charge is -2.25. The fourth-order valence-corrected chi connectivity index (χ4v) is 3.95. The molecular weight excluding hydrogens is 439 g/mol. The molecule has 2 heterocycles. The predicted octanol–water partition coefficient (Wildman–Crippen LogP) is 5.02. The number of aromatic nitrogens is 1. The number of carbonyl (C=O) groups excluding carboxylic acids is 2. The van der Waals surface area contributed by atoms with Crippen LogP contribution in [0.15, 0.2) is 72.6 Å². The van der Waals surface area contributed by atoms with E-state index in [0.717, 1.165) is 0 Å². The highest BCUT2D eigenvalue weighted by molar-refractivity contribution is 6.52. The third kappa shape index (κ3) is 3.76. The van der Waals surface area contributed by atoms with E-state index in [9.17, 15) is 14.7 Å². The number of nitrogens with zero attached hydrogens (tertiary/aromatic N) is 2. The highest BCUT2D eigenvalue weighted by atomic mass is 35.5. The van der Waals surface area contributed by atoms with Gasteiger partial charge in [0.1, 0.15) is 11.5 Å². The topological polar surface area (TPSA) is 79.7 Å². The number of halogens is 2. The fraction of sp³-hybridized carbons (Fsp3) is 0.0870. The monoisotopic (exact) mass is 454 g/mol. The Labute approximate surface area is 188 Å². The van der Waals surface area contributed by atoms with Gasteiger partial charge in [-0.15, -0.1) is 0 Å². The summed E-state index contributed by atoms with van der Waals surface area (Å²) in [6.45, 7) is 0. The van der Waals surface area contributed by atoms with Gasteiger partial charge in [-0.05, 0) is 54.1 Å². The maximum Gasteiger partial charge on any atom is 0.300 e. The quantitative estimate of drug-likeness (QED) is 0.340. The Morgan fingerprint density at radius 1 is 1.03 bits per heavy atom. The van der Waals surface area contributed by atoms with Crippen molar-refractivity contribution in [3.8, 4) is 5.75 Å². The molecule has 31 heavy (non-hydrogen) atoms. The average molecular weight is 455 g/mol. The Hall–Kier alpha value is -3.35. The molecule has 1 amide bonds. The van der Waals surface area contributed by atoms with Gasteiger partial charge >= 0.3 is 0 Å². The van der Waals surface area contributed by atoms with E-state index < -0.39 is 17.7 Å². The molecule has 0 saturated carbocycles. The van der Waals surface area contributed by atoms with Crippen LogP contribution in [0.4, 0.5) is 5.69 Å². The number of hydrogen-bond acceptors (Lipinski definition) is 5. The summed E-state index contributed by atoms with van der Waals surface area (Å²) in [6, 6.07) is 13.7. The van der Waals surface area contributed by atoms with Crippen LogP contribution in [0.3, 0.4) is 0 Å². The predicted molar refractivity (Wildman–Crippen MR) is 118 cm³/mol. The summed E-state index contributed by atoms with van der Waals surface area (Å²) in [5.74, 6) is -1.69. The number of ether oxygens (including phenoxy) is 1. The summed E-state index contributed by atoms with van der Waals surface area (Å²) in [6.07, 6.45) is 3.10. The van der Waals surface area contributed by atoms with Crippen LogP contribution >= 0.6 is 23.2 Å². The normalized spacial score (nSPS) is 17.8. The first-order valence-corrected chi connectivity index (χ1v) is 9.98. The van der Waals surface area contributed by atoms with E-state index in [4.69, 9.17) is 27.9 Å². The summed E-state index contributed by atoms with van der Waals surface area (Å²) >= 11 is 12.2. The Bertz CT molecular complexity index is 1210. The highest BCUT2D eigenvalue weighted by Crippen LogP contribution is 2.43. The number of hydrogen-bond donors (Lipinski definition) is 1. The molecule has 0 radical (unpaired) electrons. The van der Waals surface area contributed by atoms with Gasteiger partial charge in [-0.25, -0.2) is 0 Å². The summed E-state index contributed by atoms with van der Waals surface area (Å²) < 4.78 is 5.32. The molecule has 0 spiro atoms. The van der Waals surface area contributed by atoms with Gasteiger partial charge in [0.15, 0.2) is 0 Å². The number of carbonyl (C=O) groups is 2. The summed E-state index contributed by atoms with van der Waals surface area (Å²) in [5.41, 5.74) is 1.14. The second kappa shape index (κ2) is 8.41. The second-order valence-electron chi connectivity index (χ2n) is 6.77. The minimum Gasteiger partial charge on any atom is -0.507 e. The molecule has 1 N–H and O–H groups in total. The van der Waals surface area contributed by atoms with Gasteiger partial charge in [0.25, 0.3) is 11.7 Å². The van der Waals surface area contributed by atoms with Gasteiger partial charge in [0.2, 0.25) is 0 Å². The van der Waals surface area contributed by atoms with E-state index in [-0.39, 0.29) is 16.9 Å². The van der Waals surface area contributed by atoms with Gasteiger partial charge in [-0.3, -0.25) is 19.5 Å². The number of anilines is 1. The number of Topliss-reactive ketones (excluding diaryl/α,β-unsaturated/α-hetero) is 1. The van der Waals surface area contributed by atoms with Crippen LogP contribution < -0.4 is 9.64 Å². The van der Waals surface area contributed by atoms with E-state index in [2.05, 4.69) is 4.98 Å². The molecule has 1 aromatic heterocycles. The second-order valence-corrected chi connectivity index (χ2v) is 7.65. The molecule has 1 atom stereocenters. The van der Waals surface area contributed by atoms with Crippen molar-refractivity contribution in [1.29, 1.82) is 0 Å². The van der Waals surface area contributed by atoms with Crippen LogP contribution in [0.1, 0.15) is 17.2 Å². The van der Waals surface area contributed by atoms with E-state index in [1.54, 1.807) is 60.9 Å². The molecule has 0 aliphatic carbocycles. The molecule has 1 saturated heterocycles. The molecule has 2 aromatic carbocycles. The summed E-state index contributed by atoms with van der Waals surface area (Å²) in [7, 11) is 1.44. The standard InChI is InChI=1S/C23H16Cl2N2O4/c1-31-18-6-5-15(25)12-17(18)21(28)19-20(13-7-9-26-10-8-13)27(23(30)22(19)29)16-4-2-3-14(24)11-16/h2-12,20,28H,1H3/b21-19+. The first-order chi connectivity index (χ1) is 14.9. The number of amides is 1. The van der Waals surface area contributed by atoms with E-state index >= 15 is 0 Å². The molecule has 1 aliphatic heterocycles. The van der Waals surface area contributed by atoms with Crippen LogP contribution in [0, 0.1) is 0 Å². The maximum absolute atomic E-state index is 13.1. The van der Waals surface area contributed by atoms with Gasteiger partial charge in [-0.1, -0.05) is 29.3 Å². The van der Waals surface area contributed by atoms with Crippen LogP contribution in [-0.4, -0.2) is 28.9 Å². The van der Waals surface area contributed by atoms with Crippen molar-refractivity contribution in [3.05, 3.63) is 93.7 Å². The van der Waals surface area contributed by atoms with Gasteiger partial charge in [-0.2, -0.15) is 0 Å². The minimum atomic E-state index is -0.898. The number of ketones is 1. The zero-order chi connectivity index (χ0) is 22.1. The zero-order valence-electron chi connectivity index (χ0n) is 16.3. The largest absolute Gasteiger partial charge is 0.507 e. The van der Waals surface area contributed by atoms with Gasteiger partial charge in [0.05, 0.1) is 24.3 Å². The van der Waals surface area contributed by atoms with Crippen molar-refractivity contribution in [2.45, 2.75) is 6.04 Å². The fourth-order valence-electron chi connectivity index (χ4n) is 3.60. The van der Waals surface area contributed by atoms with Crippen molar-refractivity contribution >= 4 is 46.3 Å². The smallest absolute Gasteiger partial charge is 0.300 e. The van der Waals surface area contributed by atoms with Crippen LogP contribution in [0.2, 0.25) is 10.0 Å². The van der Waals surface area contributed by atoms with Crippen LogP contribution in [0.25, 0.3) is 5.76 Å². The first kappa shape index (κ1) is 20.9. The van der Waals surface area contributed by atoms with E-state index in [1.807, 2.05) is 0 Å². The highest BCUT2D eigenvalue weighted by Gasteiger charge is 2.47. The average Bonchev–Trinajstić information content (AvgIpc) is 3.04. The molecular formula is C23H16Cl2N2O4. The summed E-state index contributed by atoms with van der Waals surface area (Å²) in [5, 5.41) is 11.9. The number of aliphatic hydroxyl groups excluding tert-OH is 1. The number of aliphatic hydroxyl groups is 1. The van der Waals surface area contributed by atoms with Crippen molar-refractivity contribution in [1.82, 2.24) is 4.98 Å². The Morgan fingerprint density at radius 3 is 2.42 bits per heavy atom. The Morgan fingerprint density at radius 2 is 1.74 bits per heavy atom. The third-order valence-electron chi connectivity index (χ3n) is 4.97. The molecule has 1 unspecified atom stereocenters. The molecule has 0 bridgehead atoms. The van der Waals surface area contributed by atoms with E-state index in [0.29, 0.717) is 27.0 Å². The lowest BCUT2D eigenvalue weighted by Crippen LogP contribution is -2.29. The molecule has 4 rings (SSSR count). The van der Waals surface area contributed by atoms with Crippen molar-refractivity contribution < 1.29 is 19.4 Å². The molecule has 156 valence electrons. The molecule has 3 aromatic rings. The van der Waals surface area contributed by atoms with E-state index in [1.165, 1.54) is 18.1 Å². The number of pyridine rings is 1. The minimum absolute atomic E-state index is 0.0863. The van der Waals surface area contributed by atoms with Crippen LogP contribution in [-0.2, 0) is 9.59 Å². The van der Waals surface area contributed by atoms with Crippen molar-refractivity contribution in [2.24, 2.45) is 0 Å². The zero-order valence-corrected chi connectivity index (χ0v) is 17.8. The van der Waals surface area contributed by atoms with Gasteiger partial charge in [0, 0.05) is 28.1 Å². The molecule has 8 heteroatoms. The van der Waals surface area contributed by atoms with Crippen LogP contribution in [0.5, 0.6) is 5.75 Å². The number of benzene rings is 2. The number of methoxy groups -OCH3 is 1. The van der Waals surface area contributed by atoms with Crippen molar-refractivity contribution in [3.63, 3.8) is 0 Å². The lowest BCUT2D eigenvalue weighted by molar-refractivity contribution is -0.132. The molecule has 6 nitrogen and oxygen atoms in total. The number of rotatable bonds is 4. The molecule has 1 aliphatic rings.